The van der Waals surface area contributed by atoms with Crippen LogP contribution in [0.25, 0.3) is 27.7 Å². The molecule has 1 atom stereocenters. The smallest absolute Gasteiger partial charge is 0.335 e. The van der Waals surface area contributed by atoms with Crippen LogP contribution >= 0.6 is 11.6 Å². The van der Waals surface area contributed by atoms with Crippen molar-refractivity contribution in [1.29, 1.82) is 0 Å². The van der Waals surface area contributed by atoms with Gasteiger partial charge in [-0.1, -0.05) is 53.2 Å². The zero-order valence-corrected chi connectivity index (χ0v) is 25.5. The third kappa shape index (κ3) is 5.28. The summed E-state index contributed by atoms with van der Waals surface area (Å²) in [6.45, 7) is 0.167. The van der Waals surface area contributed by atoms with Gasteiger partial charge in [-0.3, -0.25) is 14.3 Å². The van der Waals surface area contributed by atoms with Gasteiger partial charge in [0, 0.05) is 24.7 Å². The van der Waals surface area contributed by atoms with Crippen LogP contribution in [0.4, 0.5) is 10.1 Å². The van der Waals surface area contributed by atoms with Gasteiger partial charge in [-0.2, -0.15) is 5.10 Å². The molecule has 1 aliphatic rings. The predicted octanol–water partition coefficient (Wildman–Crippen LogP) is 5.69. The summed E-state index contributed by atoms with van der Waals surface area (Å²) in [5.74, 6) is -2.90. The maximum atomic E-state index is 14.7. The predicted molar refractivity (Wildman–Crippen MR) is 172 cm³/mol. The molecule has 2 aromatic heterocycles. The Labute approximate surface area is 271 Å². The van der Waals surface area contributed by atoms with Gasteiger partial charge in [0.2, 0.25) is 0 Å². The van der Waals surface area contributed by atoms with Crippen molar-refractivity contribution in [3.63, 3.8) is 0 Å². The Morgan fingerprint density at radius 3 is 2.51 bits per heavy atom. The molecular formula is C34H25ClFN7O4. The second-order valence-corrected chi connectivity index (χ2v) is 11.4. The molecule has 0 saturated heterocycles. The Balaban J connectivity index is 1.30. The summed E-state index contributed by atoms with van der Waals surface area (Å²) in [6.07, 6.45) is 3.54. The fourth-order valence-electron chi connectivity index (χ4n) is 6.04. The number of benzene rings is 4. The minimum Gasteiger partial charge on any atom is -0.478 e. The van der Waals surface area contributed by atoms with Crippen LogP contribution in [0, 0.1) is 5.82 Å². The number of rotatable bonds is 6. The molecule has 0 aliphatic carbocycles. The van der Waals surface area contributed by atoms with E-state index in [-0.39, 0.29) is 28.5 Å². The van der Waals surface area contributed by atoms with Gasteiger partial charge in [0.1, 0.15) is 11.7 Å². The first-order valence-electron chi connectivity index (χ1n) is 14.6. The first-order chi connectivity index (χ1) is 22.7. The second-order valence-electron chi connectivity index (χ2n) is 11.0. The second kappa shape index (κ2) is 11.8. The molecule has 6 aromatic rings. The molecule has 47 heavy (non-hydrogen) atoms. The Hall–Kier alpha value is -5.88. The Kier molecular flexibility index (Phi) is 7.49. The number of carbonyl (C=O) groups excluding carboxylic acids is 2. The lowest BCUT2D eigenvalue weighted by molar-refractivity contribution is -0.121. The summed E-state index contributed by atoms with van der Waals surface area (Å²) in [5, 5.41) is 25.4. The molecule has 0 bridgehead atoms. The molecule has 13 heteroatoms. The van der Waals surface area contributed by atoms with Gasteiger partial charge in [0.25, 0.3) is 11.8 Å². The molecule has 0 spiro atoms. The fourth-order valence-corrected chi connectivity index (χ4v) is 6.21. The summed E-state index contributed by atoms with van der Waals surface area (Å²) < 4.78 is 17.6. The van der Waals surface area contributed by atoms with E-state index in [1.165, 1.54) is 47.5 Å². The van der Waals surface area contributed by atoms with Crippen LogP contribution in [0.15, 0.2) is 91.3 Å². The maximum Gasteiger partial charge on any atom is 0.335 e. The highest BCUT2D eigenvalue weighted by Gasteiger charge is 2.38. The van der Waals surface area contributed by atoms with Crippen molar-refractivity contribution in [2.45, 2.75) is 12.5 Å². The quantitative estimate of drug-likeness (QED) is 0.237. The average Bonchev–Trinajstić information content (AvgIpc) is 3.72. The van der Waals surface area contributed by atoms with Crippen molar-refractivity contribution in [2.75, 3.05) is 11.9 Å². The Morgan fingerprint density at radius 1 is 0.979 bits per heavy atom. The summed E-state index contributed by atoms with van der Waals surface area (Å²) >= 11 is 5.95. The van der Waals surface area contributed by atoms with Crippen molar-refractivity contribution in [3.8, 4) is 16.8 Å². The number of fused-ring (bicyclic) bond motifs is 2. The van der Waals surface area contributed by atoms with Crippen LogP contribution in [0.2, 0.25) is 5.02 Å². The molecule has 11 nitrogen and oxygen atoms in total. The van der Waals surface area contributed by atoms with Gasteiger partial charge in [-0.25, -0.2) is 13.9 Å². The zero-order chi connectivity index (χ0) is 32.8. The van der Waals surface area contributed by atoms with Gasteiger partial charge in [-0.05, 0) is 71.1 Å². The lowest BCUT2D eigenvalue weighted by atomic mass is 9.85. The molecule has 234 valence electrons. The van der Waals surface area contributed by atoms with Crippen LogP contribution in [0.5, 0.6) is 0 Å². The lowest BCUT2D eigenvalue weighted by Gasteiger charge is -2.37. The first-order valence-corrected chi connectivity index (χ1v) is 14.9. The van der Waals surface area contributed by atoms with Crippen molar-refractivity contribution in [2.24, 2.45) is 7.05 Å². The minimum absolute atomic E-state index is 0.0151. The van der Waals surface area contributed by atoms with Crippen LogP contribution in [-0.2, 0) is 18.3 Å². The molecule has 0 fully saturated rings. The lowest BCUT2D eigenvalue weighted by Crippen LogP contribution is -2.45. The molecule has 4 aromatic carbocycles. The van der Waals surface area contributed by atoms with Crippen molar-refractivity contribution in [1.82, 2.24) is 29.7 Å². The number of carbonyl (C=O) groups is 3. The molecular weight excluding hydrogens is 625 g/mol. The van der Waals surface area contributed by atoms with Crippen LogP contribution < -0.4 is 5.32 Å². The van der Waals surface area contributed by atoms with Gasteiger partial charge in [0.05, 0.1) is 28.5 Å². The SMILES string of the molecule is Cn1ncc2c(-c3cccc4c3CCN(C(=O)c3cn(-c5cccc(Cl)c5F)nn3)C4C(=O)Nc3ccc(C(=O)O)cc3)cccc21. The van der Waals surface area contributed by atoms with E-state index < -0.39 is 29.6 Å². The molecule has 0 radical (unpaired) electrons. The number of amides is 2. The molecule has 1 aliphatic heterocycles. The number of carboxylic acids is 1. The highest BCUT2D eigenvalue weighted by molar-refractivity contribution is 6.30. The number of carboxylic acid groups (broad SMARTS) is 1. The average molecular weight is 650 g/mol. The molecule has 7 rings (SSSR count). The third-order valence-corrected chi connectivity index (χ3v) is 8.59. The Morgan fingerprint density at radius 2 is 1.72 bits per heavy atom. The molecule has 1 unspecified atom stereocenters. The van der Waals surface area contributed by atoms with Gasteiger partial charge in [0.15, 0.2) is 11.5 Å². The molecule has 3 heterocycles. The zero-order valence-electron chi connectivity index (χ0n) is 24.8. The van der Waals surface area contributed by atoms with Crippen LogP contribution in [-0.4, -0.2) is 59.1 Å². The van der Waals surface area contributed by atoms with E-state index in [4.69, 9.17) is 11.6 Å². The summed E-state index contributed by atoms with van der Waals surface area (Å²) in [6, 6.07) is 20.7. The van der Waals surface area contributed by atoms with E-state index in [0.717, 1.165) is 32.3 Å². The number of hydrogen-bond donors (Lipinski definition) is 2. The molecule has 2 N–H and O–H groups in total. The van der Waals surface area contributed by atoms with Gasteiger partial charge < -0.3 is 15.3 Å². The number of hydrogen-bond acceptors (Lipinski definition) is 6. The number of aromatic nitrogens is 5. The van der Waals surface area contributed by atoms with E-state index >= 15 is 0 Å². The highest BCUT2D eigenvalue weighted by atomic mass is 35.5. The number of halogens is 2. The third-order valence-electron chi connectivity index (χ3n) is 8.30. The van der Waals surface area contributed by atoms with E-state index in [1.54, 1.807) is 16.9 Å². The van der Waals surface area contributed by atoms with E-state index in [9.17, 15) is 23.9 Å². The summed E-state index contributed by atoms with van der Waals surface area (Å²) in [7, 11) is 1.87. The molecule has 0 saturated carbocycles. The number of aromatic carboxylic acids is 1. The summed E-state index contributed by atoms with van der Waals surface area (Å²) in [4.78, 5) is 41.0. The first kappa shape index (κ1) is 29.8. The normalized spacial score (nSPS) is 14.2. The van der Waals surface area contributed by atoms with E-state index in [1.807, 2.05) is 43.4 Å². The van der Waals surface area contributed by atoms with Crippen molar-refractivity contribution in [3.05, 3.63) is 124 Å². The van der Waals surface area contributed by atoms with Gasteiger partial charge in [-0.15, -0.1) is 5.10 Å². The van der Waals surface area contributed by atoms with Crippen molar-refractivity contribution >= 4 is 46.0 Å². The highest BCUT2D eigenvalue weighted by Crippen LogP contribution is 2.39. The van der Waals surface area contributed by atoms with Crippen molar-refractivity contribution < 1.29 is 23.9 Å². The van der Waals surface area contributed by atoms with E-state index in [2.05, 4.69) is 20.7 Å². The monoisotopic (exact) mass is 649 g/mol. The standard InChI is InChI=1S/C34H25ClFN7O4/c1-41-28-9-3-6-22(25(28)17-37-41)21-5-2-7-24-23(21)15-16-42(31(24)32(44)38-20-13-11-19(12-14-20)34(46)47)33(45)27-18-43(40-39-27)29-10-4-8-26(35)30(29)36/h2-14,17-18,31H,15-16H2,1H3,(H,38,44)(H,46,47). The van der Waals surface area contributed by atoms with Crippen LogP contribution in [0.1, 0.15) is 38.0 Å². The summed E-state index contributed by atoms with van der Waals surface area (Å²) in [5.41, 5.74) is 4.69. The largest absolute Gasteiger partial charge is 0.478 e. The number of anilines is 1. The number of nitrogens with zero attached hydrogens (tertiary/aromatic N) is 6. The minimum atomic E-state index is -1.09. The van der Waals surface area contributed by atoms with Crippen LogP contribution in [0.3, 0.4) is 0 Å². The van der Waals surface area contributed by atoms with E-state index in [0.29, 0.717) is 17.7 Å². The fraction of sp³-hybridized carbons (Fsp3) is 0.118. The topological polar surface area (TPSA) is 135 Å². The maximum absolute atomic E-state index is 14.7. The Bertz CT molecular complexity index is 2210. The number of aryl methyl sites for hydroxylation is 1. The number of nitrogens with one attached hydrogen (secondary N) is 1. The molecule has 2 amide bonds. The van der Waals surface area contributed by atoms with Gasteiger partial charge >= 0.3 is 5.97 Å².